The standard InChI is InChI=1S/C17H22N2O2S/c18-9-8-12-15-13(21-10-11-4-1-2-5-11)6-3-7-14(15)22-16(12)17(19)20/h3,6-7,11H,1-2,4-5,8-10,18H2,(H2,19,20). The molecule has 0 saturated heterocycles. The fraction of sp³-hybridized carbons (Fsp3) is 0.471. The first-order valence-corrected chi connectivity index (χ1v) is 8.69. The number of benzene rings is 1. The Hall–Kier alpha value is -1.59. The number of ether oxygens (including phenoxy) is 1. The SMILES string of the molecule is NCCc1c(C(N)=O)sc2cccc(OCC3CCCC3)c12. The second-order valence-electron chi connectivity index (χ2n) is 5.90. The fourth-order valence-corrected chi connectivity index (χ4v) is 4.39. The van der Waals surface area contributed by atoms with E-state index in [1.165, 1.54) is 37.0 Å². The topological polar surface area (TPSA) is 78.3 Å². The third-order valence-corrected chi connectivity index (χ3v) is 5.56. The summed E-state index contributed by atoms with van der Waals surface area (Å²) in [5.41, 5.74) is 12.2. The lowest BCUT2D eigenvalue weighted by Crippen LogP contribution is -2.13. The van der Waals surface area contributed by atoms with E-state index in [4.69, 9.17) is 16.2 Å². The first kappa shape index (κ1) is 15.3. The Morgan fingerprint density at radius 2 is 2.09 bits per heavy atom. The van der Waals surface area contributed by atoms with Crippen molar-refractivity contribution in [1.29, 1.82) is 0 Å². The van der Waals surface area contributed by atoms with Crippen LogP contribution in [0.4, 0.5) is 0 Å². The van der Waals surface area contributed by atoms with Crippen molar-refractivity contribution in [2.45, 2.75) is 32.1 Å². The summed E-state index contributed by atoms with van der Waals surface area (Å²) in [7, 11) is 0. The summed E-state index contributed by atoms with van der Waals surface area (Å²) in [6.07, 6.45) is 5.76. The van der Waals surface area contributed by atoms with E-state index in [0.717, 1.165) is 28.0 Å². The van der Waals surface area contributed by atoms with Crippen molar-refractivity contribution in [3.63, 3.8) is 0 Å². The van der Waals surface area contributed by atoms with Gasteiger partial charge in [0.05, 0.1) is 11.5 Å². The Morgan fingerprint density at radius 1 is 1.32 bits per heavy atom. The Labute approximate surface area is 134 Å². The van der Waals surface area contributed by atoms with E-state index in [-0.39, 0.29) is 5.91 Å². The van der Waals surface area contributed by atoms with Crippen molar-refractivity contribution < 1.29 is 9.53 Å². The van der Waals surface area contributed by atoms with Crippen LogP contribution in [-0.2, 0) is 6.42 Å². The van der Waals surface area contributed by atoms with Crippen LogP contribution in [0.15, 0.2) is 18.2 Å². The largest absolute Gasteiger partial charge is 0.493 e. The van der Waals surface area contributed by atoms with Gasteiger partial charge in [-0.25, -0.2) is 0 Å². The maximum absolute atomic E-state index is 11.7. The zero-order valence-corrected chi connectivity index (χ0v) is 13.5. The Morgan fingerprint density at radius 3 is 2.77 bits per heavy atom. The lowest BCUT2D eigenvalue weighted by atomic mass is 10.1. The van der Waals surface area contributed by atoms with Gasteiger partial charge < -0.3 is 16.2 Å². The highest BCUT2D eigenvalue weighted by atomic mass is 32.1. The number of carbonyl (C=O) groups is 1. The van der Waals surface area contributed by atoms with Crippen LogP contribution in [0.25, 0.3) is 10.1 Å². The summed E-state index contributed by atoms with van der Waals surface area (Å²) >= 11 is 1.43. The molecule has 1 amide bonds. The van der Waals surface area contributed by atoms with Gasteiger partial charge in [-0.05, 0) is 49.4 Å². The monoisotopic (exact) mass is 318 g/mol. The zero-order valence-electron chi connectivity index (χ0n) is 12.6. The van der Waals surface area contributed by atoms with Crippen molar-refractivity contribution in [2.75, 3.05) is 13.2 Å². The van der Waals surface area contributed by atoms with Gasteiger partial charge in [0.25, 0.3) is 5.91 Å². The van der Waals surface area contributed by atoms with Crippen LogP contribution in [0.3, 0.4) is 0 Å². The van der Waals surface area contributed by atoms with Gasteiger partial charge >= 0.3 is 0 Å². The van der Waals surface area contributed by atoms with E-state index in [1.54, 1.807) is 0 Å². The fourth-order valence-electron chi connectivity index (χ4n) is 3.27. The predicted octanol–water partition coefficient (Wildman–Crippen LogP) is 3.07. The maximum Gasteiger partial charge on any atom is 0.259 e. The second-order valence-corrected chi connectivity index (χ2v) is 6.96. The minimum absolute atomic E-state index is 0.383. The molecule has 1 fully saturated rings. The quantitative estimate of drug-likeness (QED) is 0.859. The van der Waals surface area contributed by atoms with Crippen LogP contribution >= 0.6 is 11.3 Å². The average Bonchev–Trinajstić information content (AvgIpc) is 3.13. The lowest BCUT2D eigenvalue weighted by molar-refractivity contribution is 0.100. The smallest absolute Gasteiger partial charge is 0.259 e. The molecule has 0 radical (unpaired) electrons. The molecule has 22 heavy (non-hydrogen) atoms. The van der Waals surface area contributed by atoms with Crippen molar-refractivity contribution in [3.8, 4) is 5.75 Å². The lowest BCUT2D eigenvalue weighted by Gasteiger charge is -2.13. The number of hydrogen-bond donors (Lipinski definition) is 2. The molecule has 3 rings (SSSR count). The number of rotatable bonds is 6. The van der Waals surface area contributed by atoms with Gasteiger partial charge in [0.15, 0.2) is 0 Å². The molecule has 1 heterocycles. The molecule has 4 N–H and O–H groups in total. The first-order valence-electron chi connectivity index (χ1n) is 7.87. The molecule has 0 unspecified atom stereocenters. The maximum atomic E-state index is 11.7. The molecule has 0 bridgehead atoms. The van der Waals surface area contributed by atoms with Gasteiger partial charge in [-0.1, -0.05) is 18.9 Å². The van der Waals surface area contributed by atoms with Gasteiger partial charge in [0.2, 0.25) is 0 Å². The van der Waals surface area contributed by atoms with E-state index in [0.29, 0.717) is 23.8 Å². The second kappa shape index (κ2) is 6.67. The summed E-state index contributed by atoms with van der Waals surface area (Å²) in [6, 6.07) is 5.96. The van der Waals surface area contributed by atoms with E-state index in [9.17, 15) is 4.79 Å². The number of fused-ring (bicyclic) bond motifs is 1. The van der Waals surface area contributed by atoms with Gasteiger partial charge in [-0.2, -0.15) is 0 Å². The van der Waals surface area contributed by atoms with E-state index < -0.39 is 0 Å². The summed E-state index contributed by atoms with van der Waals surface area (Å²) in [6.45, 7) is 1.24. The molecule has 2 aromatic rings. The summed E-state index contributed by atoms with van der Waals surface area (Å²) in [4.78, 5) is 12.3. The third-order valence-electron chi connectivity index (χ3n) is 4.34. The minimum atomic E-state index is -0.383. The molecule has 1 aromatic carbocycles. The van der Waals surface area contributed by atoms with Crippen LogP contribution < -0.4 is 16.2 Å². The van der Waals surface area contributed by atoms with Gasteiger partial charge in [-0.3, -0.25) is 4.79 Å². The highest BCUT2D eigenvalue weighted by molar-refractivity contribution is 7.21. The molecule has 118 valence electrons. The van der Waals surface area contributed by atoms with Crippen LogP contribution in [0.5, 0.6) is 5.75 Å². The highest BCUT2D eigenvalue weighted by Gasteiger charge is 2.20. The summed E-state index contributed by atoms with van der Waals surface area (Å²) < 4.78 is 7.14. The van der Waals surface area contributed by atoms with Crippen molar-refractivity contribution in [2.24, 2.45) is 17.4 Å². The van der Waals surface area contributed by atoms with Gasteiger partial charge in [0, 0.05) is 10.1 Å². The number of thiophene rings is 1. The van der Waals surface area contributed by atoms with Crippen LogP contribution in [0, 0.1) is 5.92 Å². The molecule has 5 heteroatoms. The number of nitrogens with two attached hydrogens (primary N) is 2. The number of amides is 1. The normalized spacial score (nSPS) is 15.5. The molecule has 1 aliphatic carbocycles. The molecule has 4 nitrogen and oxygen atoms in total. The average molecular weight is 318 g/mol. The summed E-state index contributed by atoms with van der Waals surface area (Å²) in [5.74, 6) is 1.13. The Balaban J connectivity index is 1.96. The molecule has 1 aliphatic rings. The predicted molar refractivity (Wildman–Crippen MR) is 90.6 cm³/mol. The van der Waals surface area contributed by atoms with Crippen molar-refractivity contribution in [1.82, 2.24) is 0 Å². The molecule has 1 aromatic heterocycles. The molecular formula is C17H22N2O2S. The molecular weight excluding hydrogens is 296 g/mol. The number of primary amides is 1. The van der Waals surface area contributed by atoms with Crippen LogP contribution in [0.2, 0.25) is 0 Å². The number of carbonyl (C=O) groups excluding carboxylic acids is 1. The summed E-state index contributed by atoms with van der Waals surface area (Å²) in [5, 5.41) is 1.02. The Kier molecular flexibility index (Phi) is 4.64. The van der Waals surface area contributed by atoms with Crippen LogP contribution in [0.1, 0.15) is 40.9 Å². The van der Waals surface area contributed by atoms with Crippen molar-refractivity contribution in [3.05, 3.63) is 28.6 Å². The van der Waals surface area contributed by atoms with E-state index >= 15 is 0 Å². The highest BCUT2D eigenvalue weighted by Crippen LogP contribution is 2.38. The van der Waals surface area contributed by atoms with E-state index in [2.05, 4.69) is 0 Å². The van der Waals surface area contributed by atoms with Gasteiger partial charge in [0.1, 0.15) is 5.75 Å². The molecule has 0 aliphatic heterocycles. The molecule has 1 saturated carbocycles. The minimum Gasteiger partial charge on any atom is -0.493 e. The van der Waals surface area contributed by atoms with E-state index in [1.807, 2.05) is 18.2 Å². The van der Waals surface area contributed by atoms with Crippen molar-refractivity contribution >= 4 is 27.3 Å². The Bertz CT molecular complexity index is 675. The van der Waals surface area contributed by atoms with Gasteiger partial charge in [-0.15, -0.1) is 11.3 Å². The molecule has 0 spiro atoms. The first-order chi connectivity index (χ1) is 10.7. The molecule has 0 atom stereocenters. The van der Waals surface area contributed by atoms with Crippen LogP contribution in [-0.4, -0.2) is 19.1 Å². The zero-order chi connectivity index (χ0) is 15.5. The number of hydrogen-bond acceptors (Lipinski definition) is 4. The third kappa shape index (κ3) is 2.96.